The number of nitrogens with zero attached hydrogens (tertiary/aromatic N) is 2. The molecule has 1 amide bonds. The molecule has 2 rings (SSSR count). The molecular weight excluding hydrogens is 274 g/mol. The van der Waals surface area contributed by atoms with E-state index in [1.165, 1.54) is 0 Å². The Kier molecular flexibility index (Phi) is 5.32. The Labute approximate surface area is 123 Å². The second kappa shape index (κ2) is 7.21. The van der Waals surface area contributed by atoms with Gasteiger partial charge in [0.2, 0.25) is 5.91 Å². The molecule has 7 heteroatoms. The lowest BCUT2D eigenvalue weighted by molar-refractivity contribution is -0.137. The first-order valence-electron chi connectivity index (χ1n) is 7.23. The van der Waals surface area contributed by atoms with E-state index in [9.17, 15) is 9.59 Å². The van der Waals surface area contributed by atoms with Crippen molar-refractivity contribution in [2.24, 2.45) is 0 Å². The number of piperidine rings is 1. The van der Waals surface area contributed by atoms with Gasteiger partial charge in [-0.1, -0.05) is 11.6 Å². The molecule has 1 aromatic heterocycles. The standard InChI is InChI=1S/C14H21N3O4/c1-10-8-12(16-21-10)15-13(18)9-17-7-3-2-4-11(17)5-6-14(19)20/h8,11H,2-7,9H2,1H3,(H,19,20)(H,15,16,18). The molecule has 0 saturated carbocycles. The molecule has 1 aliphatic rings. The first-order valence-corrected chi connectivity index (χ1v) is 7.23. The molecule has 1 saturated heterocycles. The first kappa shape index (κ1) is 15.5. The number of rotatable bonds is 6. The number of aromatic nitrogens is 1. The van der Waals surface area contributed by atoms with Gasteiger partial charge in [-0.25, -0.2) is 0 Å². The molecule has 0 aliphatic carbocycles. The Balaban J connectivity index is 1.85. The summed E-state index contributed by atoms with van der Waals surface area (Å²) in [4.78, 5) is 24.8. The molecule has 0 radical (unpaired) electrons. The van der Waals surface area contributed by atoms with Crippen molar-refractivity contribution in [1.82, 2.24) is 10.1 Å². The van der Waals surface area contributed by atoms with Crippen LogP contribution in [-0.4, -0.2) is 46.2 Å². The molecule has 7 nitrogen and oxygen atoms in total. The van der Waals surface area contributed by atoms with Gasteiger partial charge >= 0.3 is 5.97 Å². The minimum absolute atomic E-state index is 0.144. The second-order valence-electron chi connectivity index (χ2n) is 5.42. The van der Waals surface area contributed by atoms with Crippen LogP contribution < -0.4 is 5.32 Å². The van der Waals surface area contributed by atoms with E-state index in [0.717, 1.165) is 25.8 Å². The fourth-order valence-corrected chi connectivity index (χ4v) is 2.68. The Bertz CT molecular complexity index is 500. The lowest BCUT2D eigenvalue weighted by atomic mass is 9.98. The van der Waals surface area contributed by atoms with E-state index >= 15 is 0 Å². The molecule has 0 spiro atoms. The van der Waals surface area contributed by atoms with Gasteiger partial charge in [0.15, 0.2) is 5.82 Å². The highest BCUT2D eigenvalue weighted by Gasteiger charge is 2.24. The third-order valence-electron chi connectivity index (χ3n) is 3.68. The Morgan fingerprint density at radius 1 is 1.52 bits per heavy atom. The summed E-state index contributed by atoms with van der Waals surface area (Å²) >= 11 is 0. The molecule has 1 aromatic rings. The zero-order valence-electron chi connectivity index (χ0n) is 12.2. The lowest BCUT2D eigenvalue weighted by Crippen LogP contribution is -2.44. The number of likely N-dealkylation sites (tertiary alicyclic amines) is 1. The predicted octanol–water partition coefficient (Wildman–Crippen LogP) is 1.64. The molecule has 0 aromatic carbocycles. The molecule has 1 fully saturated rings. The van der Waals surface area contributed by atoms with Crippen LogP contribution in [-0.2, 0) is 9.59 Å². The van der Waals surface area contributed by atoms with Crippen LogP contribution >= 0.6 is 0 Å². The van der Waals surface area contributed by atoms with Gasteiger partial charge in [-0.3, -0.25) is 14.5 Å². The maximum atomic E-state index is 12.0. The summed E-state index contributed by atoms with van der Waals surface area (Å²) in [5.74, 6) is 0.118. The van der Waals surface area contributed by atoms with Gasteiger partial charge < -0.3 is 14.9 Å². The molecule has 21 heavy (non-hydrogen) atoms. The first-order chi connectivity index (χ1) is 10.0. The van der Waals surface area contributed by atoms with E-state index in [4.69, 9.17) is 9.63 Å². The highest BCUT2D eigenvalue weighted by Crippen LogP contribution is 2.20. The van der Waals surface area contributed by atoms with Crippen LogP contribution in [0.3, 0.4) is 0 Å². The monoisotopic (exact) mass is 295 g/mol. The van der Waals surface area contributed by atoms with Crippen molar-refractivity contribution in [3.8, 4) is 0 Å². The Hall–Kier alpha value is -1.89. The maximum absolute atomic E-state index is 12.0. The average Bonchev–Trinajstić information content (AvgIpc) is 2.83. The molecule has 1 atom stereocenters. The Morgan fingerprint density at radius 2 is 2.33 bits per heavy atom. The maximum Gasteiger partial charge on any atom is 0.303 e. The van der Waals surface area contributed by atoms with Crippen molar-refractivity contribution in [2.45, 2.75) is 45.1 Å². The van der Waals surface area contributed by atoms with Gasteiger partial charge in [-0.15, -0.1) is 0 Å². The van der Waals surface area contributed by atoms with Crippen LogP contribution in [0.15, 0.2) is 10.6 Å². The van der Waals surface area contributed by atoms with E-state index in [1.807, 2.05) is 0 Å². The largest absolute Gasteiger partial charge is 0.481 e. The van der Waals surface area contributed by atoms with Crippen LogP contribution in [0.4, 0.5) is 5.82 Å². The molecule has 1 aliphatic heterocycles. The summed E-state index contributed by atoms with van der Waals surface area (Å²) in [6, 6.07) is 1.83. The number of hydrogen-bond acceptors (Lipinski definition) is 5. The van der Waals surface area contributed by atoms with Gasteiger partial charge in [0.25, 0.3) is 0 Å². The van der Waals surface area contributed by atoms with Crippen molar-refractivity contribution >= 4 is 17.7 Å². The predicted molar refractivity (Wildman–Crippen MR) is 76.0 cm³/mol. The number of hydrogen-bond donors (Lipinski definition) is 2. The van der Waals surface area contributed by atoms with E-state index in [2.05, 4.69) is 15.4 Å². The Morgan fingerprint density at radius 3 is 3.00 bits per heavy atom. The van der Waals surface area contributed by atoms with Crippen LogP contribution in [0.2, 0.25) is 0 Å². The zero-order chi connectivity index (χ0) is 15.2. The molecule has 1 unspecified atom stereocenters. The highest BCUT2D eigenvalue weighted by molar-refractivity contribution is 5.91. The number of carbonyl (C=O) groups is 2. The van der Waals surface area contributed by atoms with Crippen molar-refractivity contribution in [3.05, 3.63) is 11.8 Å². The highest BCUT2D eigenvalue weighted by atomic mass is 16.5. The van der Waals surface area contributed by atoms with Crippen molar-refractivity contribution < 1.29 is 19.2 Å². The summed E-state index contributed by atoms with van der Waals surface area (Å²) < 4.78 is 4.90. The lowest BCUT2D eigenvalue weighted by Gasteiger charge is -2.34. The second-order valence-corrected chi connectivity index (χ2v) is 5.42. The van der Waals surface area contributed by atoms with Crippen molar-refractivity contribution in [1.29, 1.82) is 0 Å². The number of nitrogens with one attached hydrogen (secondary N) is 1. The molecule has 2 heterocycles. The van der Waals surface area contributed by atoms with Crippen molar-refractivity contribution in [3.63, 3.8) is 0 Å². The molecular formula is C14H21N3O4. The fourth-order valence-electron chi connectivity index (χ4n) is 2.68. The van der Waals surface area contributed by atoms with E-state index in [0.29, 0.717) is 18.0 Å². The number of carboxylic acids is 1. The topological polar surface area (TPSA) is 95.7 Å². The molecule has 0 bridgehead atoms. The summed E-state index contributed by atoms with van der Waals surface area (Å²) in [7, 11) is 0. The third kappa shape index (κ3) is 4.86. The third-order valence-corrected chi connectivity index (χ3v) is 3.68. The van der Waals surface area contributed by atoms with E-state index < -0.39 is 5.97 Å². The minimum atomic E-state index is -0.789. The average molecular weight is 295 g/mol. The van der Waals surface area contributed by atoms with Gasteiger partial charge in [-0.05, 0) is 32.7 Å². The fraction of sp³-hybridized carbons (Fsp3) is 0.643. The van der Waals surface area contributed by atoms with E-state index in [-0.39, 0.29) is 24.9 Å². The van der Waals surface area contributed by atoms with Crippen LogP contribution in [0.1, 0.15) is 37.9 Å². The normalized spacial score (nSPS) is 19.4. The van der Waals surface area contributed by atoms with Crippen LogP contribution in [0.25, 0.3) is 0 Å². The van der Waals surface area contributed by atoms with Gasteiger partial charge in [0.05, 0.1) is 6.54 Å². The summed E-state index contributed by atoms with van der Waals surface area (Å²) in [5, 5.41) is 15.2. The van der Waals surface area contributed by atoms with Crippen LogP contribution in [0, 0.1) is 6.92 Å². The number of carbonyl (C=O) groups excluding carboxylic acids is 1. The summed E-state index contributed by atoms with van der Waals surface area (Å²) in [6.07, 6.45) is 3.81. The summed E-state index contributed by atoms with van der Waals surface area (Å²) in [6.45, 7) is 2.85. The van der Waals surface area contributed by atoms with Gasteiger partial charge in [-0.2, -0.15) is 0 Å². The van der Waals surface area contributed by atoms with Gasteiger partial charge in [0, 0.05) is 18.5 Å². The molecule has 116 valence electrons. The number of aryl methyl sites for hydroxylation is 1. The number of carboxylic acid groups (broad SMARTS) is 1. The van der Waals surface area contributed by atoms with Crippen LogP contribution in [0.5, 0.6) is 0 Å². The minimum Gasteiger partial charge on any atom is -0.481 e. The zero-order valence-corrected chi connectivity index (χ0v) is 12.2. The smallest absolute Gasteiger partial charge is 0.303 e. The van der Waals surface area contributed by atoms with E-state index in [1.54, 1.807) is 13.0 Å². The SMILES string of the molecule is Cc1cc(NC(=O)CN2CCCCC2CCC(=O)O)no1. The number of anilines is 1. The summed E-state index contributed by atoms with van der Waals surface area (Å²) in [5.41, 5.74) is 0. The quantitative estimate of drug-likeness (QED) is 0.828. The van der Waals surface area contributed by atoms with Crippen molar-refractivity contribution in [2.75, 3.05) is 18.4 Å². The number of amides is 1. The molecule has 2 N–H and O–H groups in total. The van der Waals surface area contributed by atoms with Gasteiger partial charge in [0.1, 0.15) is 5.76 Å². The number of aliphatic carboxylic acids is 1.